The zero-order valence-corrected chi connectivity index (χ0v) is 10.1. The summed E-state index contributed by atoms with van der Waals surface area (Å²) < 4.78 is 0. The van der Waals surface area contributed by atoms with Gasteiger partial charge in [-0.2, -0.15) is 0 Å². The number of nitrogens with zero attached hydrogens (tertiary/aromatic N) is 1. The molecule has 2 aromatic carbocycles. The average molecular weight is 211 g/mol. The lowest BCUT2D eigenvalue weighted by Crippen LogP contribution is -2.09. The summed E-state index contributed by atoms with van der Waals surface area (Å²) in [6, 6.07) is 17.1. The molecule has 0 aromatic heterocycles. The second-order valence-corrected chi connectivity index (χ2v) is 4.28. The van der Waals surface area contributed by atoms with Crippen LogP contribution in [0.3, 0.4) is 0 Å². The highest BCUT2D eigenvalue weighted by Gasteiger charge is 2.06. The Morgan fingerprint density at radius 3 is 2.19 bits per heavy atom. The van der Waals surface area contributed by atoms with E-state index >= 15 is 0 Å². The van der Waals surface area contributed by atoms with E-state index in [2.05, 4.69) is 74.4 Å². The maximum absolute atomic E-state index is 2.24. The lowest BCUT2D eigenvalue weighted by atomic mass is 10.0. The molecule has 0 aliphatic carbocycles. The summed E-state index contributed by atoms with van der Waals surface area (Å²) in [7, 11) is 4.16. The summed E-state index contributed by atoms with van der Waals surface area (Å²) in [5.74, 6) is 0. The van der Waals surface area contributed by atoms with Crippen LogP contribution in [0.4, 0.5) is 5.69 Å². The largest absolute Gasteiger partial charge is 0.377 e. The first kappa shape index (κ1) is 10.7. The second-order valence-electron chi connectivity index (χ2n) is 4.28. The SMILES string of the molecule is Cc1ccc(N(C)C)c(-c2ccccc2)c1. The summed E-state index contributed by atoms with van der Waals surface area (Å²) in [6.07, 6.45) is 0. The Balaban J connectivity index is 2.58. The second kappa shape index (κ2) is 4.40. The van der Waals surface area contributed by atoms with Gasteiger partial charge in [0.05, 0.1) is 0 Å². The van der Waals surface area contributed by atoms with Crippen molar-refractivity contribution >= 4 is 5.69 Å². The summed E-state index contributed by atoms with van der Waals surface area (Å²) in [5.41, 5.74) is 5.13. The third kappa shape index (κ3) is 2.08. The van der Waals surface area contributed by atoms with Crippen molar-refractivity contribution in [1.29, 1.82) is 0 Å². The molecular weight excluding hydrogens is 194 g/mol. The van der Waals surface area contributed by atoms with Crippen LogP contribution in [0, 0.1) is 6.92 Å². The van der Waals surface area contributed by atoms with Crippen LogP contribution in [0.25, 0.3) is 11.1 Å². The van der Waals surface area contributed by atoms with Crippen LogP contribution in [0.1, 0.15) is 5.56 Å². The van der Waals surface area contributed by atoms with Crippen molar-refractivity contribution in [2.45, 2.75) is 6.92 Å². The summed E-state index contributed by atoms with van der Waals surface area (Å²) >= 11 is 0. The third-order valence-electron chi connectivity index (χ3n) is 2.72. The van der Waals surface area contributed by atoms with Gasteiger partial charge in [-0.15, -0.1) is 0 Å². The number of aryl methyl sites for hydroxylation is 1. The predicted octanol–water partition coefficient (Wildman–Crippen LogP) is 3.73. The van der Waals surface area contributed by atoms with Gasteiger partial charge < -0.3 is 4.90 Å². The molecule has 0 amide bonds. The Kier molecular flexibility index (Phi) is 2.95. The molecule has 82 valence electrons. The van der Waals surface area contributed by atoms with E-state index in [1.54, 1.807) is 0 Å². The van der Waals surface area contributed by atoms with Gasteiger partial charge in [0.15, 0.2) is 0 Å². The molecule has 1 nitrogen and oxygen atoms in total. The normalized spacial score (nSPS) is 10.2. The van der Waals surface area contributed by atoms with Crippen molar-refractivity contribution in [2.75, 3.05) is 19.0 Å². The highest BCUT2D eigenvalue weighted by atomic mass is 15.1. The monoisotopic (exact) mass is 211 g/mol. The van der Waals surface area contributed by atoms with Gasteiger partial charge >= 0.3 is 0 Å². The fraction of sp³-hybridized carbons (Fsp3) is 0.200. The highest BCUT2D eigenvalue weighted by Crippen LogP contribution is 2.30. The van der Waals surface area contributed by atoms with E-state index in [-0.39, 0.29) is 0 Å². The molecule has 0 bridgehead atoms. The molecule has 0 heterocycles. The molecular formula is C15H17N. The maximum atomic E-state index is 2.24. The Hall–Kier alpha value is -1.76. The molecule has 0 unspecified atom stereocenters. The Labute approximate surface area is 97.3 Å². The number of hydrogen-bond donors (Lipinski definition) is 0. The highest BCUT2D eigenvalue weighted by molar-refractivity contribution is 5.78. The zero-order valence-electron chi connectivity index (χ0n) is 10.1. The molecule has 0 aliphatic heterocycles. The molecule has 2 rings (SSSR count). The quantitative estimate of drug-likeness (QED) is 0.731. The number of rotatable bonds is 2. The van der Waals surface area contributed by atoms with Crippen molar-refractivity contribution in [3.05, 3.63) is 54.1 Å². The van der Waals surface area contributed by atoms with Crippen LogP contribution in [0.15, 0.2) is 48.5 Å². The van der Waals surface area contributed by atoms with Crippen molar-refractivity contribution in [2.24, 2.45) is 0 Å². The number of anilines is 1. The van der Waals surface area contributed by atoms with E-state index < -0.39 is 0 Å². The zero-order chi connectivity index (χ0) is 11.5. The smallest absolute Gasteiger partial charge is 0.0440 e. The molecule has 0 spiro atoms. The summed E-state index contributed by atoms with van der Waals surface area (Å²) in [5, 5.41) is 0. The molecule has 0 radical (unpaired) electrons. The van der Waals surface area contributed by atoms with E-state index in [0.717, 1.165) is 0 Å². The average Bonchev–Trinajstić information content (AvgIpc) is 2.29. The maximum Gasteiger partial charge on any atom is 0.0440 e. The standard InChI is InChI=1S/C15H17N/c1-12-9-10-15(16(2)3)14(11-12)13-7-5-4-6-8-13/h4-11H,1-3H3. The molecule has 0 fully saturated rings. The van der Waals surface area contributed by atoms with Crippen LogP contribution in [-0.2, 0) is 0 Å². The van der Waals surface area contributed by atoms with Gasteiger partial charge in [0.2, 0.25) is 0 Å². The molecule has 16 heavy (non-hydrogen) atoms. The minimum atomic E-state index is 1.26. The fourth-order valence-corrected chi connectivity index (χ4v) is 1.89. The van der Waals surface area contributed by atoms with Gasteiger partial charge in [0.1, 0.15) is 0 Å². The lowest BCUT2D eigenvalue weighted by molar-refractivity contribution is 1.13. The van der Waals surface area contributed by atoms with Crippen molar-refractivity contribution in [3.63, 3.8) is 0 Å². The molecule has 2 aromatic rings. The van der Waals surface area contributed by atoms with E-state index in [4.69, 9.17) is 0 Å². The fourth-order valence-electron chi connectivity index (χ4n) is 1.89. The van der Waals surface area contributed by atoms with Crippen LogP contribution < -0.4 is 4.90 Å². The van der Waals surface area contributed by atoms with E-state index in [1.807, 2.05) is 0 Å². The van der Waals surface area contributed by atoms with Crippen LogP contribution in [0.2, 0.25) is 0 Å². The first-order valence-corrected chi connectivity index (χ1v) is 5.52. The number of hydrogen-bond acceptors (Lipinski definition) is 1. The van der Waals surface area contributed by atoms with Crippen LogP contribution in [0.5, 0.6) is 0 Å². The third-order valence-corrected chi connectivity index (χ3v) is 2.72. The van der Waals surface area contributed by atoms with E-state index in [0.29, 0.717) is 0 Å². The molecule has 0 N–H and O–H groups in total. The molecule has 1 heteroatoms. The topological polar surface area (TPSA) is 3.24 Å². The van der Waals surface area contributed by atoms with Crippen molar-refractivity contribution in [3.8, 4) is 11.1 Å². The van der Waals surface area contributed by atoms with Gasteiger partial charge in [-0.3, -0.25) is 0 Å². The summed E-state index contributed by atoms with van der Waals surface area (Å²) in [6.45, 7) is 2.13. The van der Waals surface area contributed by atoms with Crippen LogP contribution in [-0.4, -0.2) is 14.1 Å². The Bertz CT molecular complexity index is 472. The lowest BCUT2D eigenvalue weighted by Gasteiger charge is -2.18. The van der Waals surface area contributed by atoms with Gasteiger partial charge in [0, 0.05) is 25.3 Å². The summed E-state index contributed by atoms with van der Waals surface area (Å²) in [4.78, 5) is 2.15. The molecule has 0 saturated carbocycles. The van der Waals surface area contributed by atoms with Gasteiger partial charge in [-0.25, -0.2) is 0 Å². The van der Waals surface area contributed by atoms with Crippen molar-refractivity contribution < 1.29 is 0 Å². The van der Waals surface area contributed by atoms with Crippen molar-refractivity contribution in [1.82, 2.24) is 0 Å². The molecule has 0 aliphatic rings. The number of benzene rings is 2. The molecule has 0 atom stereocenters. The Morgan fingerprint density at radius 2 is 1.56 bits per heavy atom. The van der Waals surface area contributed by atoms with Gasteiger partial charge in [0.25, 0.3) is 0 Å². The first-order valence-electron chi connectivity index (χ1n) is 5.52. The Morgan fingerprint density at radius 1 is 0.875 bits per heavy atom. The van der Waals surface area contributed by atoms with Crippen LogP contribution >= 0.6 is 0 Å². The first-order chi connectivity index (χ1) is 7.68. The van der Waals surface area contributed by atoms with E-state index in [9.17, 15) is 0 Å². The molecule has 0 saturated heterocycles. The minimum absolute atomic E-state index is 1.26. The predicted molar refractivity (Wildman–Crippen MR) is 70.9 cm³/mol. The van der Waals surface area contributed by atoms with E-state index in [1.165, 1.54) is 22.4 Å². The van der Waals surface area contributed by atoms with Gasteiger partial charge in [-0.05, 0) is 24.6 Å². The van der Waals surface area contributed by atoms with Gasteiger partial charge in [-0.1, -0.05) is 42.0 Å². The minimum Gasteiger partial charge on any atom is -0.377 e.